The first-order chi connectivity index (χ1) is 14.1. The Kier molecular flexibility index (Phi) is 4.28. The van der Waals surface area contributed by atoms with Gasteiger partial charge in [-0.15, -0.1) is 0 Å². The fraction of sp³-hybridized carbons (Fsp3) is 0.261. The van der Waals surface area contributed by atoms with Gasteiger partial charge < -0.3 is 9.88 Å². The van der Waals surface area contributed by atoms with Crippen LogP contribution < -0.4 is 10.9 Å². The molecule has 29 heavy (non-hydrogen) atoms. The van der Waals surface area contributed by atoms with E-state index in [1.807, 2.05) is 37.4 Å². The summed E-state index contributed by atoms with van der Waals surface area (Å²) in [5.74, 6) is 0.634. The molecule has 0 unspecified atom stereocenters. The Morgan fingerprint density at radius 3 is 2.83 bits per heavy atom. The van der Waals surface area contributed by atoms with E-state index in [0.717, 1.165) is 53.8 Å². The van der Waals surface area contributed by atoms with E-state index < -0.39 is 0 Å². The number of aromatic nitrogens is 4. The average molecular weight is 385 g/mol. The Bertz CT molecular complexity index is 1270. The van der Waals surface area contributed by atoms with Gasteiger partial charge in [-0.2, -0.15) is 0 Å². The molecule has 0 amide bonds. The molecule has 0 aromatic carbocycles. The second kappa shape index (κ2) is 6.97. The summed E-state index contributed by atoms with van der Waals surface area (Å²) in [5.41, 5.74) is 6.17. The summed E-state index contributed by atoms with van der Waals surface area (Å²) in [4.78, 5) is 22.1. The number of nitrogens with zero attached hydrogens (tertiary/aromatic N) is 4. The first-order valence-electron chi connectivity index (χ1n) is 9.96. The number of hydrogen-bond donors (Lipinski definition) is 1. The van der Waals surface area contributed by atoms with Crippen molar-refractivity contribution in [1.29, 1.82) is 0 Å². The van der Waals surface area contributed by atoms with Crippen LogP contribution in [0.3, 0.4) is 0 Å². The average Bonchev–Trinajstić information content (AvgIpc) is 2.89. The molecule has 6 heteroatoms. The Labute approximate surface area is 168 Å². The van der Waals surface area contributed by atoms with Crippen LogP contribution in [0.1, 0.15) is 23.2 Å². The number of hydrogen-bond acceptors (Lipinski definition) is 4. The van der Waals surface area contributed by atoms with Gasteiger partial charge in [0.2, 0.25) is 0 Å². The van der Waals surface area contributed by atoms with Crippen LogP contribution in [0.15, 0.2) is 53.6 Å². The van der Waals surface area contributed by atoms with Crippen molar-refractivity contribution >= 4 is 11.0 Å². The van der Waals surface area contributed by atoms with Crippen molar-refractivity contribution < 1.29 is 0 Å². The van der Waals surface area contributed by atoms with Gasteiger partial charge in [-0.05, 0) is 61.7 Å². The van der Waals surface area contributed by atoms with Crippen LogP contribution in [0.4, 0.5) is 0 Å². The van der Waals surface area contributed by atoms with Crippen LogP contribution in [0.5, 0.6) is 0 Å². The summed E-state index contributed by atoms with van der Waals surface area (Å²) < 4.78 is 3.77. The lowest BCUT2D eigenvalue weighted by Gasteiger charge is -2.08. The van der Waals surface area contributed by atoms with Gasteiger partial charge in [0.05, 0.1) is 5.69 Å². The molecular formula is C23H23N5O. The molecule has 1 aliphatic heterocycles. The Morgan fingerprint density at radius 2 is 2.03 bits per heavy atom. The first-order valence-corrected chi connectivity index (χ1v) is 9.96. The number of nitrogens with one attached hydrogen (secondary N) is 1. The second-order valence-corrected chi connectivity index (χ2v) is 7.65. The van der Waals surface area contributed by atoms with Crippen LogP contribution in [0.25, 0.3) is 28.1 Å². The molecule has 5 rings (SSSR count). The minimum Gasteiger partial charge on any atom is -0.332 e. The zero-order valence-corrected chi connectivity index (χ0v) is 16.6. The lowest BCUT2D eigenvalue weighted by Crippen LogP contribution is -2.18. The third kappa shape index (κ3) is 3.06. The third-order valence-electron chi connectivity index (χ3n) is 5.70. The van der Waals surface area contributed by atoms with Crippen LogP contribution >= 0.6 is 0 Å². The fourth-order valence-corrected chi connectivity index (χ4v) is 4.13. The summed E-state index contributed by atoms with van der Waals surface area (Å²) in [6.45, 7) is 3.90. The standard InChI is InChI=1S/C23H23N5O/c1-15-5-7-19(25-13-15)16-9-11-28(22(29)12-16)21-8-6-17-18-14-24-10-3-4-20(18)27(2)23(17)26-21/h5-9,11-13,24H,3-4,10,14H2,1-2H3. The number of fused-ring (bicyclic) bond motifs is 3. The summed E-state index contributed by atoms with van der Waals surface area (Å²) in [7, 11) is 2.07. The van der Waals surface area contributed by atoms with Crippen molar-refractivity contribution in [1.82, 2.24) is 24.4 Å². The second-order valence-electron chi connectivity index (χ2n) is 7.65. The fourth-order valence-electron chi connectivity index (χ4n) is 4.13. The van der Waals surface area contributed by atoms with E-state index in [1.165, 1.54) is 11.3 Å². The zero-order chi connectivity index (χ0) is 20.0. The summed E-state index contributed by atoms with van der Waals surface area (Å²) in [5, 5.41) is 4.65. The molecule has 0 fully saturated rings. The quantitative estimate of drug-likeness (QED) is 0.576. The van der Waals surface area contributed by atoms with Crippen LogP contribution in [0.2, 0.25) is 0 Å². The zero-order valence-electron chi connectivity index (χ0n) is 16.6. The van der Waals surface area contributed by atoms with Gasteiger partial charge in [0.25, 0.3) is 5.56 Å². The molecular weight excluding hydrogens is 362 g/mol. The molecule has 1 N–H and O–H groups in total. The molecule has 4 aromatic heterocycles. The van der Waals surface area contributed by atoms with E-state index >= 15 is 0 Å². The van der Waals surface area contributed by atoms with Gasteiger partial charge in [-0.3, -0.25) is 14.3 Å². The van der Waals surface area contributed by atoms with Crippen molar-refractivity contribution in [2.75, 3.05) is 6.54 Å². The largest absolute Gasteiger partial charge is 0.332 e. The van der Waals surface area contributed by atoms with Crippen molar-refractivity contribution in [3.05, 3.63) is 76.0 Å². The minimum atomic E-state index is -0.117. The molecule has 0 radical (unpaired) electrons. The molecule has 146 valence electrons. The molecule has 0 spiro atoms. The van der Waals surface area contributed by atoms with E-state index in [1.54, 1.807) is 16.8 Å². The maximum absolute atomic E-state index is 12.8. The van der Waals surface area contributed by atoms with E-state index in [0.29, 0.717) is 5.82 Å². The predicted octanol–water partition coefficient (Wildman–Crippen LogP) is 3.13. The highest BCUT2D eigenvalue weighted by molar-refractivity contribution is 5.83. The highest BCUT2D eigenvalue weighted by Crippen LogP contribution is 2.27. The van der Waals surface area contributed by atoms with E-state index in [9.17, 15) is 4.79 Å². The van der Waals surface area contributed by atoms with Crippen molar-refractivity contribution in [3.63, 3.8) is 0 Å². The third-order valence-corrected chi connectivity index (χ3v) is 5.70. The predicted molar refractivity (Wildman–Crippen MR) is 114 cm³/mol. The summed E-state index contributed by atoms with van der Waals surface area (Å²) in [6.07, 6.45) is 5.76. The highest BCUT2D eigenvalue weighted by Gasteiger charge is 2.18. The molecule has 0 aliphatic carbocycles. The number of pyridine rings is 3. The molecule has 0 saturated carbocycles. The SMILES string of the molecule is Cc1ccc(-c2ccn(-c3ccc4c5c(n(C)c4n3)CCCNC5)c(=O)c2)nc1. The topological polar surface area (TPSA) is 64.7 Å². The van der Waals surface area contributed by atoms with Crippen LogP contribution in [0, 0.1) is 6.92 Å². The Morgan fingerprint density at radius 1 is 1.14 bits per heavy atom. The van der Waals surface area contributed by atoms with E-state index in [2.05, 4.69) is 28.0 Å². The molecule has 0 saturated heterocycles. The van der Waals surface area contributed by atoms with Crippen LogP contribution in [-0.2, 0) is 20.0 Å². The summed E-state index contributed by atoms with van der Waals surface area (Å²) >= 11 is 0. The maximum Gasteiger partial charge on any atom is 0.256 e. The van der Waals surface area contributed by atoms with Gasteiger partial charge in [0, 0.05) is 48.7 Å². The van der Waals surface area contributed by atoms with Gasteiger partial charge in [0.1, 0.15) is 11.5 Å². The van der Waals surface area contributed by atoms with Crippen molar-refractivity contribution in [3.8, 4) is 17.1 Å². The molecule has 5 heterocycles. The lowest BCUT2D eigenvalue weighted by molar-refractivity contribution is 0.676. The van der Waals surface area contributed by atoms with Crippen LogP contribution in [-0.4, -0.2) is 25.6 Å². The maximum atomic E-state index is 12.8. The molecule has 0 atom stereocenters. The van der Waals surface area contributed by atoms with E-state index in [-0.39, 0.29) is 5.56 Å². The number of aryl methyl sites for hydroxylation is 2. The first kappa shape index (κ1) is 17.8. The molecule has 6 nitrogen and oxygen atoms in total. The van der Waals surface area contributed by atoms with Gasteiger partial charge in [-0.25, -0.2) is 4.98 Å². The smallest absolute Gasteiger partial charge is 0.256 e. The normalized spacial score (nSPS) is 14.0. The highest BCUT2D eigenvalue weighted by atomic mass is 16.1. The van der Waals surface area contributed by atoms with E-state index in [4.69, 9.17) is 4.98 Å². The minimum absolute atomic E-state index is 0.117. The van der Waals surface area contributed by atoms with Gasteiger partial charge >= 0.3 is 0 Å². The lowest BCUT2D eigenvalue weighted by atomic mass is 10.1. The van der Waals surface area contributed by atoms with Gasteiger partial charge in [0.15, 0.2) is 0 Å². The monoisotopic (exact) mass is 385 g/mol. The Hall–Kier alpha value is -3.25. The van der Waals surface area contributed by atoms with Crippen molar-refractivity contribution in [2.24, 2.45) is 7.05 Å². The summed E-state index contributed by atoms with van der Waals surface area (Å²) in [6, 6.07) is 11.5. The Balaban J connectivity index is 1.58. The molecule has 4 aromatic rings. The van der Waals surface area contributed by atoms with Crippen molar-refractivity contribution in [2.45, 2.75) is 26.3 Å². The molecule has 0 bridgehead atoms. The van der Waals surface area contributed by atoms with Gasteiger partial charge in [-0.1, -0.05) is 6.07 Å². The molecule has 1 aliphatic rings. The number of rotatable bonds is 2.